The van der Waals surface area contributed by atoms with Gasteiger partial charge in [-0.1, -0.05) is 0 Å². The van der Waals surface area contributed by atoms with Gasteiger partial charge in [0.05, 0.1) is 6.54 Å². The Morgan fingerprint density at radius 3 is 2.73 bits per heavy atom. The van der Waals surface area contributed by atoms with E-state index in [1.54, 1.807) is 30.4 Å². The summed E-state index contributed by atoms with van der Waals surface area (Å²) < 4.78 is 0. The Balaban J connectivity index is 2.69. The average Bonchev–Trinajstić information content (AvgIpc) is 2.66. The molecule has 0 saturated carbocycles. The molecular weight excluding hydrogens is 216 g/mol. The maximum Gasteiger partial charge on any atom is 0.345 e. The van der Waals surface area contributed by atoms with E-state index < -0.39 is 5.97 Å². The lowest BCUT2D eigenvalue weighted by Gasteiger charge is -2.15. The predicted octanol–water partition coefficient (Wildman–Crippen LogP) is 0.628. The standard InChI is InChI=1S/C9H12N2O3S/c1-10-8(12)4-11(2)6-3-7(9(13)14)15-5-6/h3,5H,4H2,1-2H3,(H,10,12)(H,13,14). The highest BCUT2D eigenvalue weighted by molar-refractivity contribution is 7.12. The molecule has 0 aromatic carbocycles. The fraction of sp³-hybridized carbons (Fsp3) is 0.333. The predicted molar refractivity (Wildman–Crippen MR) is 58.6 cm³/mol. The molecular formula is C9H12N2O3S. The van der Waals surface area contributed by atoms with Crippen LogP contribution in [0.15, 0.2) is 11.4 Å². The fourth-order valence-corrected chi connectivity index (χ4v) is 1.81. The molecule has 1 heterocycles. The summed E-state index contributed by atoms with van der Waals surface area (Å²) in [6.07, 6.45) is 0. The van der Waals surface area contributed by atoms with Crippen molar-refractivity contribution in [3.8, 4) is 0 Å². The first-order chi connectivity index (χ1) is 7.04. The van der Waals surface area contributed by atoms with Crippen LogP contribution in [0.3, 0.4) is 0 Å². The smallest absolute Gasteiger partial charge is 0.345 e. The van der Waals surface area contributed by atoms with Crippen molar-refractivity contribution >= 4 is 28.9 Å². The van der Waals surface area contributed by atoms with Crippen molar-refractivity contribution in [3.05, 3.63) is 16.3 Å². The van der Waals surface area contributed by atoms with E-state index in [0.29, 0.717) is 0 Å². The molecule has 1 aromatic rings. The number of hydrogen-bond acceptors (Lipinski definition) is 4. The van der Waals surface area contributed by atoms with E-state index >= 15 is 0 Å². The van der Waals surface area contributed by atoms with E-state index in [0.717, 1.165) is 17.0 Å². The number of carboxylic acids is 1. The van der Waals surface area contributed by atoms with Crippen LogP contribution in [0.2, 0.25) is 0 Å². The minimum atomic E-state index is -0.945. The highest BCUT2D eigenvalue weighted by Crippen LogP contribution is 2.21. The first kappa shape index (κ1) is 11.5. The van der Waals surface area contributed by atoms with Crippen molar-refractivity contribution < 1.29 is 14.7 Å². The van der Waals surface area contributed by atoms with Crippen molar-refractivity contribution in [2.45, 2.75) is 0 Å². The Kier molecular flexibility index (Phi) is 3.68. The Hall–Kier alpha value is -1.56. The average molecular weight is 228 g/mol. The van der Waals surface area contributed by atoms with Gasteiger partial charge in [0.2, 0.25) is 5.91 Å². The van der Waals surface area contributed by atoms with E-state index in [9.17, 15) is 9.59 Å². The van der Waals surface area contributed by atoms with Crippen LogP contribution in [-0.2, 0) is 4.79 Å². The molecule has 0 saturated heterocycles. The van der Waals surface area contributed by atoms with E-state index in [-0.39, 0.29) is 17.3 Å². The lowest BCUT2D eigenvalue weighted by molar-refractivity contribution is -0.119. The van der Waals surface area contributed by atoms with Crippen molar-refractivity contribution in [2.75, 3.05) is 25.5 Å². The third-order valence-electron chi connectivity index (χ3n) is 1.90. The summed E-state index contributed by atoms with van der Waals surface area (Å²) in [6.45, 7) is 0.215. The molecule has 15 heavy (non-hydrogen) atoms. The molecule has 0 atom stereocenters. The Morgan fingerprint density at radius 2 is 2.27 bits per heavy atom. The second-order valence-electron chi connectivity index (χ2n) is 3.00. The summed E-state index contributed by atoms with van der Waals surface area (Å²) in [5.41, 5.74) is 0.737. The van der Waals surface area contributed by atoms with Crippen LogP contribution in [0.4, 0.5) is 5.69 Å². The number of likely N-dealkylation sites (N-methyl/N-ethyl adjacent to an activating group) is 2. The van der Waals surface area contributed by atoms with Crippen molar-refractivity contribution in [1.29, 1.82) is 0 Å². The molecule has 0 bridgehead atoms. The molecule has 0 fully saturated rings. The Labute approximate surface area is 91.3 Å². The quantitative estimate of drug-likeness (QED) is 0.793. The second kappa shape index (κ2) is 4.79. The molecule has 6 heteroatoms. The van der Waals surface area contributed by atoms with Gasteiger partial charge in [0.15, 0.2) is 0 Å². The zero-order valence-electron chi connectivity index (χ0n) is 8.48. The number of nitrogens with one attached hydrogen (secondary N) is 1. The number of rotatable bonds is 4. The van der Waals surface area contributed by atoms with Crippen LogP contribution in [0.1, 0.15) is 9.67 Å². The number of carbonyl (C=O) groups is 2. The Morgan fingerprint density at radius 1 is 1.60 bits per heavy atom. The van der Waals surface area contributed by atoms with Crippen molar-refractivity contribution in [1.82, 2.24) is 5.32 Å². The number of thiophene rings is 1. The molecule has 1 aromatic heterocycles. The third kappa shape index (κ3) is 2.95. The minimum Gasteiger partial charge on any atom is -0.477 e. The zero-order chi connectivity index (χ0) is 11.4. The highest BCUT2D eigenvalue weighted by atomic mass is 32.1. The number of nitrogens with zero attached hydrogens (tertiary/aromatic N) is 1. The zero-order valence-corrected chi connectivity index (χ0v) is 9.30. The molecule has 0 aliphatic heterocycles. The lowest BCUT2D eigenvalue weighted by Crippen LogP contribution is -2.32. The van der Waals surface area contributed by atoms with E-state index in [2.05, 4.69) is 5.32 Å². The molecule has 0 aliphatic rings. The molecule has 82 valence electrons. The minimum absolute atomic E-state index is 0.111. The second-order valence-corrected chi connectivity index (χ2v) is 3.91. The van der Waals surface area contributed by atoms with Gasteiger partial charge in [-0.25, -0.2) is 4.79 Å². The highest BCUT2D eigenvalue weighted by Gasteiger charge is 2.11. The van der Waals surface area contributed by atoms with Gasteiger partial charge < -0.3 is 15.3 Å². The molecule has 0 radical (unpaired) electrons. The van der Waals surface area contributed by atoms with Crippen LogP contribution in [-0.4, -0.2) is 37.6 Å². The summed E-state index contributed by atoms with van der Waals surface area (Å²) in [5.74, 6) is -1.06. The molecule has 0 unspecified atom stereocenters. The SMILES string of the molecule is CNC(=O)CN(C)c1csc(C(=O)O)c1. The van der Waals surface area contributed by atoms with Crippen LogP contribution >= 0.6 is 11.3 Å². The summed E-state index contributed by atoms with van der Waals surface area (Å²) >= 11 is 1.15. The van der Waals surface area contributed by atoms with Gasteiger partial charge in [0.1, 0.15) is 4.88 Å². The van der Waals surface area contributed by atoms with Crippen molar-refractivity contribution in [3.63, 3.8) is 0 Å². The van der Waals surface area contributed by atoms with Gasteiger partial charge >= 0.3 is 5.97 Å². The molecule has 0 aliphatic carbocycles. The molecule has 2 N–H and O–H groups in total. The van der Waals surface area contributed by atoms with E-state index in [4.69, 9.17) is 5.11 Å². The van der Waals surface area contributed by atoms with Crippen LogP contribution in [0.5, 0.6) is 0 Å². The maximum atomic E-state index is 11.1. The molecule has 5 nitrogen and oxygen atoms in total. The molecule has 1 amide bonds. The summed E-state index contributed by atoms with van der Waals surface area (Å²) in [6, 6.07) is 1.55. The van der Waals surface area contributed by atoms with E-state index in [1.165, 1.54) is 0 Å². The number of carboxylic acid groups (broad SMARTS) is 1. The Bertz CT molecular complexity index is 375. The van der Waals surface area contributed by atoms with Crippen molar-refractivity contribution in [2.24, 2.45) is 0 Å². The van der Waals surface area contributed by atoms with Gasteiger partial charge in [-0.2, -0.15) is 0 Å². The number of aromatic carboxylic acids is 1. The summed E-state index contributed by atoms with van der Waals surface area (Å²) in [5, 5.41) is 12.9. The number of amides is 1. The number of anilines is 1. The van der Waals surface area contributed by atoms with Crippen LogP contribution in [0, 0.1) is 0 Å². The largest absolute Gasteiger partial charge is 0.477 e. The van der Waals surface area contributed by atoms with Crippen LogP contribution < -0.4 is 10.2 Å². The number of carbonyl (C=O) groups excluding carboxylic acids is 1. The number of hydrogen-bond donors (Lipinski definition) is 2. The lowest BCUT2D eigenvalue weighted by atomic mass is 10.4. The van der Waals surface area contributed by atoms with Gasteiger partial charge in [-0.05, 0) is 6.07 Å². The third-order valence-corrected chi connectivity index (χ3v) is 2.80. The van der Waals surface area contributed by atoms with Crippen LogP contribution in [0.25, 0.3) is 0 Å². The monoisotopic (exact) mass is 228 g/mol. The topological polar surface area (TPSA) is 69.6 Å². The summed E-state index contributed by atoms with van der Waals surface area (Å²) in [7, 11) is 3.30. The normalized spacial score (nSPS) is 9.73. The van der Waals surface area contributed by atoms with Gasteiger partial charge in [0, 0.05) is 25.2 Å². The van der Waals surface area contributed by atoms with E-state index in [1.807, 2.05) is 0 Å². The van der Waals surface area contributed by atoms with Gasteiger partial charge in [-0.3, -0.25) is 4.79 Å². The van der Waals surface area contributed by atoms with Gasteiger partial charge in [-0.15, -0.1) is 11.3 Å². The first-order valence-electron chi connectivity index (χ1n) is 4.28. The summed E-state index contributed by atoms with van der Waals surface area (Å²) in [4.78, 5) is 23.7. The maximum absolute atomic E-state index is 11.1. The van der Waals surface area contributed by atoms with Gasteiger partial charge in [0.25, 0.3) is 0 Å². The molecule has 1 rings (SSSR count). The first-order valence-corrected chi connectivity index (χ1v) is 5.16. The molecule has 0 spiro atoms. The fourth-order valence-electron chi connectivity index (χ4n) is 1.02.